The molecule has 3 heterocycles. The molecule has 2 aromatic heterocycles. The van der Waals surface area contributed by atoms with E-state index in [1.54, 1.807) is 6.33 Å². The average Bonchev–Trinajstić information content (AvgIpc) is 2.97. The van der Waals surface area contributed by atoms with Crippen LogP contribution < -0.4 is 4.90 Å². The molecule has 108 valence electrons. The van der Waals surface area contributed by atoms with Crippen LogP contribution in [0.1, 0.15) is 0 Å². The molecule has 0 saturated carbocycles. The number of nitrogens with zero attached hydrogens (tertiary/aromatic N) is 6. The van der Waals surface area contributed by atoms with Crippen molar-refractivity contribution in [3.8, 4) is 0 Å². The summed E-state index contributed by atoms with van der Waals surface area (Å²) in [6.45, 7) is 3.93. The summed E-state index contributed by atoms with van der Waals surface area (Å²) in [5.41, 5.74) is 1.70. The van der Waals surface area contributed by atoms with Gasteiger partial charge in [-0.2, -0.15) is 9.61 Å². The average molecular weight is 303 g/mol. The van der Waals surface area contributed by atoms with Gasteiger partial charge in [-0.3, -0.25) is 0 Å². The number of aromatic nitrogens is 4. The highest BCUT2D eigenvalue weighted by Gasteiger charge is 2.20. The van der Waals surface area contributed by atoms with Gasteiger partial charge in [0.15, 0.2) is 5.65 Å². The Kier molecular flexibility index (Phi) is 2.94. The molecule has 0 N–H and O–H groups in total. The fourth-order valence-electron chi connectivity index (χ4n) is 2.72. The normalized spacial score (nSPS) is 17.0. The number of benzene rings is 1. The van der Waals surface area contributed by atoms with E-state index in [4.69, 9.17) is 16.6 Å². The molecule has 0 spiro atoms. The SMILES string of the molecule is CN1CCN(c2nc3ccc(Cl)cc3c3ncnn23)CC1. The van der Waals surface area contributed by atoms with Crippen LogP contribution in [0.5, 0.6) is 0 Å². The first-order chi connectivity index (χ1) is 10.2. The molecule has 7 heteroatoms. The van der Waals surface area contributed by atoms with Crippen molar-refractivity contribution in [2.45, 2.75) is 0 Å². The lowest BCUT2D eigenvalue weighted by Gasteiger charge is -2.33. The zero-order chi connectivity index (χ0) is 14.4. The van der Waals surface area contributed by atoms with Gasteiger partial charge in [-0.15, -0.1) is 0 Å². The summed E-state index contributed by atoms with van der Waals surface area (Å²) in [6.07, 6.45) is 1.57. The summed E-state index contributed by atoms with van der Waals surface area (Å²) in [6, 6.07) is 5.69. The molecule has 0 atom stereocenters. The minimum absolute atomic E-state index is 0.682. The van der Waals surface area contributed by atoms with Gasteiger partial charge in [0.25, 0.3) is 0 Å². The van der Waals surface area contributed by atoms with E-state index >= 15 is 0 Å². The third-order valence-electron chi connectivity index (χ3n) is 3.94. The minimum Gasteiger partial charge on any atom is -0.338 e. The Bertz CT molecular complexity index is 806. The maximum Gasteiger partial charge on any atom is 0.229 e. The Morgan fingerprint density at radius 2 is 1.95 bits per heavy atom. The number of hydrogen-bond acceptors (Lipinski definition) is 5. The molecule has 0 bridgehead atoms. The summed E-state index contributed by atoms with van der Waals surface area (Å²) in [4.78, 5) is 13.7. The molecular formula is C14H15ClN6. The number of hydrogen-bond donors (Lipinski definition) is 0. The molecule has 1 aliphatic rings. The van der Waals surface area contributed by atoms with Crippen LogP contribution in [-0.4, -0.2) is 57.7 Å². The van der Waals surface area contributed by atoms with Crippen molar-refractivity contribution in [2.75, 3.05) is 38.1 Å². The van der Waals surface area contributed by atoms with E-state index < -0.39 is 0 Å². The van der Waals surface area contributed by atoms with Gasteiger partial charge in [-0.1, -0.05) is 11.6 Å². The third-order valence-corrected chi connectivity index (χ3v) is 4.18. The predicted octanol–water partition coefficient (Wildman–Crippen LogP) is 1.68. The van der Waals surface area contributed by atoms with E-state index in [0.29, 0.717) is 5.02 Å². The second-order valence-electron chi connectivity index (χ2n) is 5.36. The van der Waals surface area contributed by atoms with Crippen LogP contribution in [0, 0.1) is 0 Å². The smallest absolute Gasteiger partial charge is 0.229 e. The number of halogens is 1. The molecule has 0 aliphatic carbocycles. The van der Waals surface area contributed by atoms with Crippen molar-refractivity contribution in [3.63, 3.8) is 0 Å². The first-order valence-corrected chi connectivity index (χ1v) is 7.33. The zero-order valence-electron chi connectivity index (χ0n) is 11.7. The first-order valence-electron chi connectivity index (χ1n) is 6.95. The van der Waals surface area contributed by atoms with Gasteiger partial charge in [0, 0.05) is 36.6 Å². The van der Waals surface area contributed by atoms with Crippen LogP contribution in [0.4, 0.5) is 5.95 Å². The van der Waals surface area contributed by atoms with E-state index in [1.165, 1.54) is 0 Å². The van der Waals surface area contributed by atoms with Crippen LogP contribution in [-0.2, 0) is 0 Å². The Morgan fingerprint density at radius 1 is 1.14 bits per heavy atom. The molecular weight excluding hydrogens is 288 g/mol. The molecule has 0 unspecified atom stereocenters. The summed E-state index contributed by atoms with van der Waals surface area (Å²) < 4.78 is 1.81. The van der Waals surface area contributed by atoms with E-state index in [2.05, 4.69) is 26.9 Å². The largest absolute Gasteiger partial charge is 0.338 e. The quantitative estimate of drug-likeness (QED) is 0.684. The maximum absolute atomic E-state index is 6.09. The molecule has 4 rings (SSSR count). The highest BCUT2D eigenvalue weighted by atomic mass is 35.5. The topological polar surface area (TPSA) is 49.6 Å². The Labute approximate surface area is 127 Å². The van der Waals surface area contributed by atoms with Crippen molar-refractivity contribution >= 4 is 34.1 Å². The summed E-state index contributed by atoms with van der Waals surface area (Å²) in [5.74, 6) is 0.852. The summed E-state index contributed by atoms with van der Waals surface area (Å²) in [5, 5.41) is 5.95. The van der Waals surface area contributed by atoms with Crippen LogP contribution in [0.15, 0.2) is 24.5 Å². The van der Waals surface area contributed by atoms with Gasteiger partial charge < -0.3 is 9.80 Å². The number of fused-ring (bicyclic) bond motifs is 3. The Morgan fingerprint density at radius 3 is 2.76 bits per heavy atom. The summed E-state index contributed by atoms with van der Waals surface area (Å²) >= 11 is 6.09. The van der Waals surface area contributed by atoms with Crippen molar-refractivity contribution in [1.82, 2.24) is 24.5 Å². The number of rotatable bonds is 1. The molecule has 1 saturated heterocycles. The second-order valence-corrected chi connectivity index (χ2v) is 5.80. The van der Waals surface area contributed by atoms with Crippen molar-refractivity contribution < 1.29 is 0 Å². The molecule has 1 aromatic carbocycles. The third kappa shape index (κ3) is 2.11. The van der Waals surface area contributed by atoms with Gasteiger partial charge in [-0.25, -0.2) is 9.97 Å². The van der Waals surface area contributed by atoms with E-state index in [9.17, 15) is 0 Å². The highest BCUT2D eigenvalue weighted by Crippen LogP contribution is 2.25. The van der Waals surface area contributed by atoms with Crippen LogP contribution in [0.3, 0.4) is 0 Å². The number of likely N-dealkylation sites (N-methyl/N-ethyl adjacent to an activating group) is 1. The maximum atomic E-state index is 6.09. The van der Waals surface area contributed by atoms with Crippen LogP contribution >= 0.6 is 11.6 Å². The molecule has 1 aliphatic heterocycles. The number of anilines is 1. The molecule has 1 fully saturated rings. The van der Waals surface area contributed by atoms with E-state index in [0.717, 1.165) is 48.7 Å². The monoisotopic (exact) mass is 302 g/mol. The molecule has 6 nitrogen and oxygen atoms in total. The summed E-state index contributed by atoms with van der Waals surface area (Å²) in [7, 11) is 2.14. The van der Waals surface area contributed by atoms with Gasteiger partial charge in [0.05, 0.1) is 5.52 Å². The molecule has 0 amide bonds. The molecule has 0 radical (unpaired) electrons. The lowest BCUT2D eigenvalue weighted by Crippen LogP contribution is -2.45. The highest BCUT2D eigenvalue weighted by molar-refractivity contribution is 6.31. The fraction of sp³-hybridized carbons (Fsp3) is 0.357. The van der Waals surface area contributed by atoms with Gasteiger partial charge in [-0.05, 0) is 25.2 Å². The van der Waals surface area contributed by atoms with Crippen LogP contribution in [0.2, 0.25) is 5.02 Å². The second kappa shape index (κ2) is 4.82. The van der Waals surface area contributed by atoms with E-state index in [-0.39, 0.29) is 0 Å². The lowest BCUT2D eigenvalue weighted by atomic mass is 10.2. The molecule has 21 heavy (non-hydrogen) atoms. The van der Waals surface area contributed by atoms with Crippen molar-refractivity contribution in [1.29, 1.82) is 0 Å². The lowest BCUT2D eigenvalue weighted by molar-refractivity contribution is 0.310. The van der Waals surface area contributed by atoms with Crippen LogP contribution in [0.25, 0.3) is 16.6 Å². The van der Waals surface area contributed by atoms with Gasteiger partial charge in [0.2, 0.25) is 5.95 Å². The Balaban J connectivity index is 1.91. The van der Waals surface area contributed by atoms with Gasteiger partial charge in [0.1, 0.15) is 6.33 Å². The Hall–Kier alpha value is -1.92. The zero-order valence-corrected chi connectivity index (χ0v) is 12.5. The first kappa shape index (κ1) is 12.8. The van der Waals surface area contributed by atoms with Crippen molar-refractivity contribution in [3.05, 3.63) is 29.5 Å². The predicted molar refractivity (Wildman–Crippen MR) is 83.0 cm³/mol. The standard InChI is InChI=1S/C14H15ClN6/c1-19-4-6-20(7-5-19)14-18-12-3-2-10(15)8-11(12)13-16-9-17-21(13)14/h2-3,8-9H,4-7H2,1H3. The molecule has 3 aromatic rings. The van der Waals surface area contributed by atoms with E-state index in [1.807, 2.05) is 22.7 Å². The number of piperazine rings is 1. The fourth-order valence-corrected chi connectivity index (χ4v) is 2.89. The minimum atomic E-state index is 0.682. The van der Waals surface area contributed by atoms with Gasteiger partial charge >= 0.3 is 0 Å². The van der Waals surface area contributed by atoms with Crippen molar-refractivity contribution in [2.24, 2.45) is 0 Å².